The van der Waals surface area contributed by atoms with Gasteiger partial charge in [-0.25, -0.2) is 9.18 Å². The molecule has 0 aliphatic heterocycles. The number of aromatic nitrogens is 2. The number of nitrogens with zero attached hydrogens (tertiary/aromatic N) is 1. The second-order valence-electron chi connectivity index (χ2n) is 3.61. The predicted molar refractivity (Wildman–Crippen MR) is 72.2 cm³/mol. The van der Waals surface area contributed by atoms with Gasteiger partial charge in [-0.05, 0) is 39.7 Å². The van der Waals surface area contributed by atoms with Crippen molar-refractivity contribution in [3.05, 3.63) is 65.6 Å². The van der Waals surface area contributed by atoms with E-state index in [0.29, 0.717) is 10.0 Å². The van der Waals surface area contributed by atoms with Crippen LogP contribution < -0.4 is 11.2 Å². The molecule has 0 aliphatic carbocycles. The number of benzene rings is 1. The van der Waals surface area contributed by atoms with E-state index in [0.717, 1.165) is 4.57 Å². The number of aromatic amines is 1. The molecule has 0 saturated carbocycles. The van der Waals surface area contributed by atoms with Crippen LogP contribution in [0.4, 0.5) is 4.39 Å². The van der Waals surface area contributed by atoms with Crippen LogP contribution in [-0.2, 0) is 6.54 Å². The van der Waals surface area contributed by atoms with Gasteiger partial charge in [0, 0.05) is 10.7 Å². The van der Waals surface area contributed by atoms with Crippen LogP contribution in [0.15, 0.2) is 42.9 Å². The summed E-state index contributed by atoms with van der Waals surface area (Å²) in [6.07, 6.45) is 1.28. The first-order chi connectivity index (χ1) is 8.47. The van der Waals surface area contributed by atoms with Crippen LogP contribution in [-0.4, -0.2) is 9.55 Å². The minimum atomic E-state index is -0.538. The maximum atomic E-state index is 13.2. The van der Waals surface area contributed by atoms with Gasteiger partial charge in [0.25, 0.3) is 5.56 Å². The molecule has 1 aromatic heterocycles. The molecule has 1 N–H and O–H groups in total. The van der Waals surface area contributed by atoms with E-state index in [-0.39, 0.29) is 11.0 Å². The van der Waals surface area contributed by atoms with Gasteiger partial charge >= 0.3 is 5.69 Å². The van der Waals surface area contributed by atoms with E-state index in [2.05, 4.69) is 36.8 Å². The molecule has 0 fully saturated rings. The van der Waals surface area contributed by atoms with Gasteiger partial charge in [-0.1, -0.05) is 15.9 Å². The molecule has 0 atom stereocenters. The molecule has 0 amide bonds. The summed E-state index contributed by atoms with van der Waals surface area (Å²) in [4.78, 5) is 25.7. The van der Waals surface area contributed by atoms with Crippen LogP contribution in [0.1, 0.15) is 5.56 Å². The molecule has 4 nitrogen and oxygen atoms in total. The molecule has 0 aliphatic rings. The topological polar surface area (TPSA) is 54.9 Å². The molecule has 94 valence electrons. The van der Waals surface area contributed by atoms with Gasteiger partial charge in [0.1, 0.15) is 5.82 Å². The molecule has 0 spiro atoms. The monoisotopic (exact) mass is 376 g/mol. The van der Waals surface area contributed by atoms with E-state index < -0.39 is 17.1 Å². The summed E-state index contributed by atoms with van der Waals surface area (Å²) in [6.45, 7) is 0.00394. The van der Waals surface area contributed by atoms with Crippen molar-refractivity contribution in [1.82, 2.24) is 9.55 Å². The number of hydrogen-bond donors (Lipinski definition) is 1. The number of nitrogens with one attached hydrogen (secondary N) is 1. The van der Waals surface area contributed by atoms with Gasteiger partial charge in [0.2, 0.25) is 0 Å². The minimum absolute atomic E-state index is 0.00394. The van der Waals surface area contributed by atoms with Crippen molar-refractivity contribution in [2.75, 3.05) is 0 Å². The largest absolute Gasteiger partial charge is 0.328 e. The van der Waals surface area contributed by atoms with Crippen molar-refractivity contribution >= 4 is 31.9 Å². The Labute approximate surface area is 118 Å². The lowest BCUT2D eigenvalue weighted by Crippen LogP contribution is -2.35. The van der Waals surface area contributed by atoms with Crippen molar-refractivity contribution in [1.29, 1.82) is 0 Å². The summed E-state index contributed by atoms with van der Waals surface area (Å²) in [7, 11) is 0. The molecular weight excluding hydrogens is 371 g/mol. The van der Waals surface area contributed by atoms with Crippen LogP contribution in [0.5, 0.6) is 0 Å². The van der Waals surface area contributed by atoms with Crippen LogP contribution in [0, 0.1) is 5.82 Å². The number of rotatable bonds is 2. The summed E-state index contributed by atoms with van der Waals surface area (Å²) in [5, 5.41) is 0. The Balaban J connectivity index is 2.49. The third kappa shape index (κ3) is 2.78. The molecule has 0 radical (unpaired) electrons. The smallest absolute Gasteiger partial charge is 0.313 e. The highest BCUT2D eigenvalue weighted by molar-refractivity contribution is 9.10. The first-order valence-corrected chi connectivity index (χ1v) is 6.49. The Morgan fingerprint density at radius 3 is 2.61 bits per heavy atom. The zero-order chi connectivity index (χ0) is 13.3. The van der Waals surface area contributed by atoms with Crippen LogP contribution in [0.25, 0.3) is 0 Å². The number of hydrogen-bond acceptors (Lipinski definition) is 2. The van der Waals surface area contributed by atoms with Gasteiger partial charge in [-0.3, -0.25) is 9.36 Å². The highest BCUT2D eigenvalue weighted by Crippen LogP contribution is 2.15. The van der Waals surface area contributed by atoms with Crippen molar-refractivity contribution < 1.29 is 4.39 Å². The quantitative estimate of drug-likeness (QED) is 0.872. The van der Waals surface area contributed by atoms with Gasteiger partial charge in [0.05, 0.1) is 11.0 Å². The predicted octanol–water partition coefficient (Wildman–Crippen LogP) is 2.25. The van der Waals surface area contributed by atoms with E-state index in [1.807, 2.05) is 0 Å². The Bertz CT molecular complexity index is 689. The van der Waals surface area contributed by atoms with Gasteiger partial charge in [-0.15, -0.1) is 0 Å². The Morgan fingerprint density at radius 2 is 1.94 bits per heavy atom. The molecule has 1 heterocycles. The fourth-order valence-corrected chi connectivity index (χ4v) is 2.36. The first-order valence-electron chi connectivity index (χ1n) is 4.90. The van der Waals surface area contributed by atoms with E-state index in [4.69, 9.17) is 0 Å². The van der Waals surface area contributed by atoms with Crippen molar-refractivity contribution in [2.24, 2.45) is 0 Å². The van der Waals surface area contributed by atoms with E-state index >= 15 is 0 Å². The fourth-order valence-electron chi connectivity index (χ4n) is 1.51. The zero-order valence-electron chi connectivity index (χ0n) is 8.91. The molecule has 2 rings (SSSR count). The second-order valence-corrected chi connectivity index (χ2v) is 5.38. The van der Waals surface area contributed by atoms with Gasteiger partial charge in [-0.2, -0.15) is 0 Å². The lowest BCUT2D eigenvalue weighted by atomic mass is 10.2. The highest BCUT2D eigenvalue weighted by atomic mass is 79.9. The van der Waals surface area contributed by atoms with Crippen molar-refractivity contribution in [2.45, 2.75) is 6.54 Å². The lowest BCUT2D eigenvalue weighted by Gasteiger charge is -2.05. The minimum Gasteiger partial charge on any atom is -0.313 e. The molecular formula is C11H7Br2FN2O2. The molecule has 1 aromatic carbocycles. The molecule has 0 saturated heterocycles. The third-order valence-electron chi connectivity index (χ3n) is 2.28. The second kappa shape index (κ2) is 5.19. The summed E-state index contributed by atoms with van der Waals surface area (Å²) < 4.78 is 15.0. The lowest BCUT2D eigenvalue weighted by molar-refractivity contribution is 0.619. The van der Waals surface area contributed by atoms with Gasteiger partial charge in [0.15, 0.2) is 0 Å². The summed E-state index contributed by atoms with van der Waals surface area (Å²) in [6, 6.07) is 4.23. The van der Waals surface area contributed by atoms with Crippen LogP contribution in [0.2, 0.25) is 0 Å². The maximum Gasteiger partial charge on any atom is 0.328 e. The Morgan fingerprint density at radius 1 is 1.22 bits per heavy atom. The Hall–Kier alpha value is -1.21. The van der Waals surface area contributed by atoms with Crippen LogP contribution >= 0.6 is 31.9 Å². The summed E-state index contributed by atoms with van der Waals surface area (Å²) in [5.74, 6) is -0.432. The molecule has 18 heavy (non-hydrogen) atoms. The normalized spacial score (nSPS) is 10.6. The maximum absolute atomic E-state index is 13.2. The molecule has 0 bridgehead atoms. The molecule has 7 heteroatoms. The number of halogens is 3. The van der Waals surface area contributed by atoms with Gasteiger partial charge < -0.3 is 4.98 Å². The molecule has 0 unspecified atom stereocenters. The number of H-pyrrole nitrogens is 1. The average molecular weight is 378 g/mol. The molecule has 2 aromatic rings. The first kappa shape index (κ1) is 13.2. The highest BCUT2D eigenvalue weighted by Gasteiger charge is 2.07. The Kier molecular flexibility index (Phi) is 3.82. The fraction of sp³-hybridized carbons (Fsp3) is 0.0909. The average Bonchev–Trinajstić information content (AvgIpc) is 2.28. The van der Waals surface area contributed by atoms with E-state index in [9.17, 15) is 14.0 Å². The summed E-state index contributed by atoms with van der Waals surface area (Å²) >= 11 is 6.19. The SMILES string of the molecule is O=c1[nH]cc(Br)c(=O)n1Cc1cc(F)cc(Br)c1. The van der Waals surface area contributed by atoms with E-state index in [1.54, 1.807) is 6.07 Å². The van der Waals surface area contributed by atoms with Crippen molar-refractivity contribution in [3.8, 4) is 0 Å². The van der Waals surface area contributed by atoms with Crippen LogP contribution in [0.3, 0.4) is 0 Å². The zero-order valence-corrected chi connectivity index (χ0v) is 12.1. The van der Waals surface area contributed by atoms with Crippen molar-refractivity contribution in [3.63, 3.8) is 0 Å². The summed E-state index contributed by atoms with van der Waals surface area (Å²) in [5.41, 5.74) is -0.477. The van der Waals surface area contributed by atoms with E-state index in [1.165, 1.54) is 18.3 Å². The third-order valence-corrected chi connectivity index (χ3v) is 3.31. The standard InChI is InChI=1S/C11H7Br2FN2O2/c12-7-1-6(2-8(14)3-7)5-16-10(17)9(13)4-15-11(16)18/h1-4H,5H2,(H,15,18).